The van der Waals surface area contributed by atoms with Gasteiger partial charge in [-0.3, -0.25) is 0 Å². The van der Waals surface area contributed by atoms with E-state index in [4.69, 9.17) is 14.2 Å². The van der Waals surface area contributed by atoms with Gasteiger partial charge in [-0.05, 0) is 70.8 Å². The lowest BCUT2D eigenvalue weighted by atomic mass is 9.87. The molecule has 4 aromatic carbocycles. The largest absolute Gasteiger partial charge is 0.508 e. The molecule has 272 valence electrons. The van der Waals surface area contributed by atoms with E-state index in [0.717, 1.165) is 48.6 Å². The van der Waals surface area contributed by atoms with Crippen LogP contribution in [0.3, 0.4) is 0 Å². The van der Waals surface area contributed by atoms with Crippen LogP contribution in [0.1, 0.15) is 39.8 Å². The van der Waals surface area contributed by atoms with Gasteiger partial charge in [0, 0.05) is 30.5 Å². The summed E-state index contributed by atoms with van der Waals surface area (Å²) in [5.74, 6) is -8.87. The van der Waals surface area contributed by atoms with Crippen LogP contribution in [-0.4, -0.2) is 87.5 Å². The highest BCUT2D eigenvalue weighted by Gasteiger charge is 2.44. The molecule has 5 rings (SSSR count). The molecule has 16 nitrogen and oxygen atoms in total. The van der Waals surface area contributed by atoms with Crippen molar-refractivity contribution in [1.82, 2.24) is 0 Å². The third-order valence-corrected chi connectivity index (χ3v) is 8.14. The highest BCUT2D eigenvalue weighted by Crippen LogP contribution is 2.52. The van der Waals surface area contributed by atoms with Crippen LogP contribution in [0.4, 0.5) is 0 Å². The number of hydrogen-bond acceptors (Lipinski definition) is 14. The van der Waals surface area contributed by atoms with Gasteiger partial charge in [0.05, 0.1) is 5.92 Å². The monoisotopic (exact) mass is 720 g/mol. The Hall–Kier alpha value is -6.65. The van der Waals surface area contributed by atoms with E-state index in [1.165, 1.54) is 30.3 Å². The van der Waals surface area contributed by atoms with Crippen LogP contribution in [0.5, 0.6) is 46.0 Å². The number of carbonyl (C=O) groups is 3. The second kappa shape index (κ2) is 15.1. The second-order valence-corrected chi connectivity index (χ2v) is 11.8. The second-order valence-electron chi connectivity index (χ2n) is 11.8. The Balaban J connectivity index is 1.47. The number of phenols is 7. The molecule has 1 aliphatic heterocycles. The molecule has 1 aliphatic rings. The van der Waals surface area contributed by atoms with Gasteiger partial charge in [0.15, 0.2) is 46.9 Å². The van der Waals surface area contributed by atoms with E-state index in [1.54, 1.807) is 0 Å². The van der Waals surface area contributed by atoms with Crippen LogP contribution in [0.25, 0.3) is 6.08 Å². The Morgan fingerprint density at radius 1 is 0.692 bits per heavy atom. The average Bonchev–Trinajstić information content (AvgIpc) is 3.47. The van der Waals surface area contributed by atoms with Crippen molar-refractivity contribution in [3.63, 3.8) is 0 Å². The van der Waals surface area contributed by atoms with Gasteiger partial charge in [0.1, 0.15) is 17.6 Å². The lowest BCUT2D eigenvalue weighted by molar-refractivity contribution is -0.183. The molecular weight excluding hydrogens is 688 g/mol. The summed E-state index contributed by atoms with van der Waals surface area (Å²) in [6.07, 6.45) is -5.50. The number of aromatic hydroxyl groups is 7. The van der Waals surface area contributed by atoms with Crippen LogP contribution in [-0.2, 0) is 36.7 Å². The summed E-state index contributed by atoms with van der Waals surface area (Å²) in [7, 11) is 0. The van der Waals surface area contributed by atoms with Crippen LogP contribution in [0.15, 0.2) is 72.8 Å². The standard InChI is InChI=1S/C36H32O16/c37-20-13-18(4-8-30(44)50-28(34(45)46)11-16-1-5-21(38)24(41)9-16)31-27(15-20)51-33(19-3-7-23(40)26(43)14-19)32(31)36(49)52-29(35(47)48)12-17-2-6-22(39)25(42)10-17/h1-10,13-15,28-29,32-33,36-43,49H,11-12H2,(H,45,46)(H,47,48)/t28-,29-,32-,33-,36-/m1/s1. The Labute approximate surface area is 293 Å². The molecule has 10 N–H and O–H groups in total. The Kier molecular flexibility index (Phi) is 10.6. The fourth-order valence-corrected chi connectivity index (χ4v) is 5.65. The molecular formula is C36H32O16. The van der Waals surface area contributed by atoms with Crippen molar-refractivity contribution < 1.29 is 79.7 Å². The van der Waals surface area contributed by atoms with E-state index in [-0.39, 0.29) is 52.2 Å². The summed E-state index contributed by atoms with van der Waals surface area (Å²) in [6.45, 7) is 0. The van der Waals surface area contributed by atoms with E-state index < -0.39 is 82.9 Å². The normalized spacial score (nSPS) is 16.8. The van der Waals surface area contributed by atoms with Crippen LogP contribution in [0, 0.1) is 0 Å². The van der Waals surface area contributed by atoms with E-state index in [0.29, 0.717) is 0 Å². The number of benzene rings is 4. The van der Waals surface area contributed by atoms with Gasteiger partial charge in [0.2, 0.25) is 6.10 Å². The Morgan fingerprint density at radius 2 is 1.23 bits per heavy atom. The molecule has 16 heteroatoms. The number of aliphatic hydroxyl groups excluding tert-OH is 1. The number of carbonyl (C=O) groups excluding carboxylic acids is 1. The first-order valence-electron chi connectivity index (χ1n) is 15.4. The number of fused-ring (bicyclic) bond motifs is 1. The molecule has 0 radical (unpaired) electrons. The Morgan fingerprint density at radius 3 is 1.77 bits per heavy atom. The molecule has 0 saturated carbocycles. The van der Waals surface area contributed by atoms with Crippen LogP contribution in [0.2, 0.25) is 0 Å². The van der Waals surface area contributed by atoms with E-state index >= 15 is 0 Å². The lowest BCUT2D eigenvalue weighted by Gasteiger charge is -2.27. The number of carboxylic acids is 2. The molecule has 1 heterocycles. The number of aliphatic hydroxyl groups is 1. The third-order valence-electron chi connectivity index (χ3n) is 8.14. The van der Waals surface area contributed by atoms with Crippen molar-refractivity contribution in [1.29, 1.82) is 0 Å². The minimum Gasteiger partial charge on any atom is -0.508 e. The number of carboxylic acid groups (broad SMARTS) is 2. The molecule has 0 amide bonds. The highest BCUT2D eigenvalue weighted by atomic mass is 16.6. The zero-order valence-corrected chi connectivity index (χ0v) is 26.7. The highest BCUT2D eigenvalue weighted by molar-refractivity contribution is 5.90. The molecule has 0 spiro atoms. The SMILES string of the molecule is O=C(C=Cc1cc(O)cc2c1[C@@H]([C@H](O)O[C@H](Cc1ccc(O)c(O)c1)C(=O)O)[C@@H](c1ccc(O)c(O)c1)O2)O[C@H](Cc1ccc(O)c(O)c1)C(=O)O. The van der Waals surface area contributed by atoms with Gasteiger partial charge in [-0.1, -0.05) is 18.2 Å². The molecule has 5 atom stereocenters. The van der Waals surface area contributed by atoms with Crippen LogP contribution >= 0.6 is 0 Å². The van der Waals surface area contributed by atoms with Crippen molar-refractivity contribution in [3.05, 3.63) is 101 Å². The predicted octanol–water partition coefficient (Wildman–Crippen LogP) is 3.13. The van der Waals surface area contributed by atoms with E-state index in [9.17, 15) is 65.4 Å². The molecule has 0 bridgehead atoms. The number of hydrogen-bond donors (Lipinski definition) is 10. The molecule has 0 aromatic heterocycles. The first-order chi connectivity index (χ1) is 24.6. The summed E-state index contributed by atoms with van der Waals surface area (Å²) in [5.41, 5.74) is 0.746. The molecule has 0 unspecified atom stereocenters. The minimum absolute atomic E-state index is 0.0239. The maximum absolute atomic E-state index is 12.9. The van der Waals surface area contributed by atoms with Gasteiger partial charge in [-0.2, -0.15) is 0 Å². The fourth-order valence-electron chi connectivity index (χ4n) is 5.65. The van der Waals surface area contributed by atoms with Crippen molar-refractivity contribution in [3.8, 4) is 46.0 Å². The van der Waals surface area contributed by atoms with Gasteiger partial charge < -0.3 is 65.3 Å². The van der Waals surface area contributed by atoms with Gasteiger partial charge in [0.25, 0.3) is 0 Å². The maximum atomic E-state index is 12.9. The van der Waals surface area contributed by atoms with Crippen LogP contribution < -0.4 is 4.74 Å². The van der Waals surface area contributed by atoms with E-state index in [2.05, 4.69) is 0 Å². The zero-order valence-electron chi connectivity index (χ0n) is 26.7. The molecule has 52 heavy (non-hydrogen) atoms. The summed E-state index contributed by atoms with van der Waals surface area (Å²) in [6, 6.07) is 13.1. The number of phenolic OH excluding ortho intramolecular Hbond substituents is 7. The van der Waals surface area contributed by atoms with Crippen molar-refractivity contribution >= 4 is 24.0 Å². The maximum Gasteiger partial charge on any atom is 0.345 e. The summed E-state index contributed by atoms with van der Waals surface area (Å²) in [5, 5.41) is 101. The summed E-state index contributed by atoms with van der Waals surface area (Å²) >= 11 is 0. The summed E-state index contributed by atoms with van der Waals surface area (Å²) in [4.78, 5) is 37.0. The topological polar surface area (TPSA) is 281 Å². The minimum atomic E-state index is -2.00. The summed E-state index contributed by atoms with van der Waals surface area (Å²) < 4.78 is 16.8. The quantitative estimate of drug-likeness (QED) is 0.0411. The predicted molar refractivity (Wildman–Crippen MR) is 176 cm³/mol. The third kappa shape index (κ3) is 8.20. The van der Waals surface area contributed by atoms with Gasteiger partial charge in [-0.25, -0.2) is 14.4 Å². The molecule has 0 fully saturated rings. The number of rotatable bonds is 13. The molecule has 0 aliphatic carbocycles. The van der Waals surface area contributed by atoms with Crippen molar-refractivity contribution in [2.24, 2.45) is 0 Å². The van der Waals surface area contributed by atoms with Gasteiger partial charge >= 0.3 is 17.9 Å². The number of ether oxygens (including phenoxy) is 3. The fraction of sp³-hybridized carbons (Fsp3) is 0.194. The van der Waals surface area contributed by atoms with E-state index in [1.807, 2.05) is 0 Å². The van der Waals surface area contributed by atoms with Crippen molar-refractivity contribution in [2.75, 3.05) is 0 Å². The average molecular weight is 721 g/mol. The number of esters is 1. The first kappa shape index (κ1) is 36.6. The number of aliphatic carboxylic acids is 2. The molecule has 4 aromatic rings. The zero-order chi connectivity index (χ0) is 37.9. The van der Waals surface area contributed by atoms with Gasteiger partial charge in [-0.15, -0.1) is 0 Å². The first-order valence-corrected chi connectivity index (χ1v) is 15.4. The smallest absolute Gasteiger partial charge is 0.345 e. The van der Waals surface area contributed by atoms with Crippen molar-refractivity contribution in [2.45, 2.75) is 43.4 Å². The Bertz CT molecular complexity index is 2040. The molecule has 0 saturated heterocycles. The lowest BCUT2D eigenvalue weighted by Crippen LogP contribution is -2.35.